The number of benzene rings is 1. The molecule has 0 aliphatic heterocycles. The predicted octanol–water partition coefficient (Wildman–Crippen LogP) is 5.69. The summed E-state index contributed by atoms with van der Waals surface area (Å²) in [5.41, 5.74) is 0.474. The molecule has 0 radical (unpaired) electrons. The third kappa shape index (κ3) is 4.96. The van der Waals surface area contributed by atoms with Crippen LogP contribution in [-0.4, -0.2) is 37.6 Å². The molecule has 0 spiro atoms. The smallest absolute Gasteiger partial charge is 0.201 e. The molecule has 0 aliphatic rings. The summed E-state index contributed by atoms with van der Waals surface area (Å²) in [7, 11) is -1.56. The number of carbonyl (C=O) groups is 1. The third-order valence-corrected chi connectivity index (χ3v) is 7.62. The first kappa shape index (κ1) is 24.6. The van der Waals surface area contributed by atoms with E-state index in [0.717, 1.165) is 23.2 Å². The van der Waals surface area contributed by atoms with Gasteiger partial charge in [-0.3, -0.25) is 4.79 Å². The fourth-order valence-electron chi connectivity index (χ4n) is 3.52. The maximum atomic E-state index is 15.1. The van der Waals surface area contributed by atoms with Crippen molar-refractivity contribution >= 4 is 56.8 Å². The lowest BCUT2D eigenvalue weighted by molar-refractivity contribution is 0.103. The summed E-state index contributed by atoms with van der Waals surface area (Å²) in [6, 6.07) is 7.40. The molecule has 0 amide bonds. The van der Waals surface area contributed by atoms with Gasteiger partial charge in [0.25, 0.3) is 0 Å². The quantitative estimate of drug-likeness (QED) is 0.161. The van der Waals surface area contributed by atoms with Gasteiger partial charge in [-0.05, 0) is 36.8 Å². The number of hydrogen-bond donors (Lipinski definition) is 4. The van der Waals surface area contributed by atoms with Crippen molar-refractivity contribution in [1.82, 2.24) is 9.97 Å². The first-order valence-electron chi connectivity index (χ1n) is 10.7. The van der Waals surface area contributed by atoms with Crippen molar-refractivity contribution in [3.63, 3.8) is 0 Å². The molecule has 3 aromatic heterocycles. The standard InChI is InChI=1S/C24H21F2N5O2S2/c1-2-9-35(33)31-18-4-3-16(25)21(22(18)26)23(32)15-12-30-24-14(15)10-13(11-29-24)19-5-6-20(34-19)17(28)7-8-27/h3-6,8,10-12,27-28,31H,2,7,9H2,1H3,(H,29,30). The zero-order valence-electron chi connectivity index (χ0n) is 18.6. The molecular formula is C24H21F2N5O2S2. The summed E-state index contributed by atoms with van der Waals surface area (Å²) < 4.78 is 44.3. The van der Waals surface area contributed by atoms with Crippen LogP contribution in [0.25, 0.3) is 21.5 Å². The van der Waals surface area contributed by atoms with Crippen LogP contribution in [0.5, 0.6) is 0 Å². The fraction of sp³-hybridized carbons (Fsp3) is 0.167. The number of rotatable bonds is 10. The second kappa shape index (κ2) is 10.4. The zero-order chi connectivity index (χ0) is 25.1. The van der Waals surface area contributed by atoms with Crippen molar-refractivity contribution < 1.29 is 17.8 Å². The Hall–Kier alpha value is -3.57. The number of nitrogens with zero attached hydrogens (tertiary/aromatic N) is 1. The Bertz CT molecular complexity index is 1480. The number of thiophene rings is 1. The zero-order valence-corrected chi connectivity index (χ0v) is 20.2. The summed E-state index contributed by atoms with van der Waals surface area (Å²) in [6.45, 7) is 1.83. The molecule has 11 heteroatoms. The van der Waals surface area contributed by atoms with E-state index in [4.69, 9.17) is 10.8 Å². The van der Waals surface area contributed by atoms with E-state index in [1.165, 1.54) is 17.5 Å². The van der Waals surface area contributed by atoms with Crippen LogP contribution in [0.3, 0.4) is 0 Å². The Balaban J connectivity index is 1.72. The van der Waals surface area contributed by atoms with E-state index in [2.05, 4.69) is 14.7 Å². The highest BCUT2D eigenvalue weighted by Crippen LogP contribution is 2.32. The average molecular weight is 514 g/mol. The SMILES string of the molecule is CCCS(=O)Nc1ccc(F)c(C(=O)c2c[nH]c3ncc(-c4ccc(C(=N)CC=N)s4)cc23)c1F. The van der Waals surface area contributed by atoms with Crippen molar-refractivity contribution in [2.75, 3.05) is 10.5 Å². The van der Waals surface area contributed by atoms with Gasteiger partial charge < -0.3 is 20.5 Å². The second-order valence-electron chi connectivity index (χ2n) is 7.64. The maximum absolute atomic E-state index is 15.1. The van der Waals surface area contributed by atoms with Crippen molar-refractivity contribution in [2.45, 2.75) is 19.8 Å². The number of fused-ring (bicyclic) bond motifs is 1. The topological polar surface area (TPSA) is 123 Å². The van der Waals surface area contributed by atoms with Gasteiger partial charge in [-0.25, -0.2) is 18.0 Å². The largest absolute Gasteiger partial charge is 0.345 e. The van der Waals surface area contributed by atoms with Crippen LogP contribution >= 0.6 is 11.3 Å². The molecule has 0 fully saturated rings. The fourth-order valence-corrected chi connectivity index (χ4v) is 5.34. The van der Waals surface area contributed by atoms with Crippen molar-refractivity contribution in [3.8, 4) is 10.4 Å². The third-order valence-electron chi connectivity index (χ3n) is 5.20. The molecule has 4 N–H and O–H groups in total. The van der Waals surface area contributed by atoms with E-state index in [0.29, 0.717) is 33.6 Å². The Morgan fingerprint density at radius 2 is 2.09 bits per heavy atom. The molecule has 1 atom stereocenters. The van der Waals surface area contributed by atoms with Gasteiger partial charge in [-0.2, -0.15) is 0 Å². The number of pyridine rings is 1. The van der Waals surface area contributed by atoms with Crippen LogP contribution in [0.4, 0.5) is 14.5 Å². The summed E-state index contributed by atoms with van der Waals surface area (Å²) in [6.07, 6.45) is 4.96. The molecule has 4 rings (SSSR count). The number of anilines is 1. The molecule has 35 heavy (non-hydrogen) atoms. The molecule has 0 aliphatic carbocycles. The van der Waals surface area contributed by atoms with E-state index in [-0.39, 0.29) is 23.4 Å². The molecule has 180 valence electrons. The van der Waals surface area contributed by atoms with Crippen LogP contribution in [-0.2, 0) is 11.0 Å². The minimum Gasteiger partial charge on any atom is -0.345 e. The van der Waals surface area contributed by atoms with Crippen molar-refractivity contribution in [1.29, 1.82) is 10.8 Å². The first-order chi connectivity index (χ1) is 16.8. The van der Waals surface area contributed by atoms with Gasteiger partial charge in [-0.15, -0.1) is 11.3 Å². The molecular weight excluding hydrogens is 492 g/mol. The molecule has 0 saturated carbocycles. The lowest BCUT2D eigenvalue weighted by Crippen LogP contribution is -2.13. The van der Waals surface area contributed by atoms with Crippen molar-refractivity contribution in [3.05, 3.63) is 70.4 Å². The van der Waals surface area contributed by atoms with Crippen LogP contribution in [0.1, 0.15) is 40.6 Å². The van der Waals surface area contributed by atoms with E-state index >= 15 is 4.39 Å². The van der Waals surface area contributed by atoms with Gasteiger partial charge in [0.1, 0.15) is 22.5 Å². The highest BCUT2D eigenvalue weighted by molar-refractivity contribution is 7.86. The molecule has 0 bridgehead atoms. The summed E-state index contributed by atoms with van der Waals surface area (Å²) >= 11 is 1.35. The Morgan fingerprint density at radius 1 is 1.29 bits per heavy atom. The van der Waals surface area contributed by atoms with Gasteiger partial charge in [0, 0.05) is 57.0 Å². The first-order valence-corrected chi connectivity index (χ1v) is 12.8. The molecule has 3 heterocycles. The van der Waals surface area contributed by atoms with Crippen molar-refractivity contribution in [2.24, 2.45) is 0 Å². The highest BCUT2D eigenvalue weighted by Gasteiger charge is 2.25. The van der Waals surface area contributed by atoms with Gasteiger partial charge in [0.05, 0.1) is 17.0 Å². The number of aromatic amines is 1. The number of ketones is 1. The lowest BCUT2D eigenvalue weighted by Gasteiger charge is -2.10. The van der Waals surface area contributed by atoms with Crippen LogP contribution in [0.15, 0.2) is 42.7 Å². The summed E-state index contributed by atoms with van der Waals surface area (Å²) in [5.74, 6) is -2.71. The van der Waals surface area contributed by atoms with E-state index < -0.39 is 34.0 Å². The molecule has 1 unspecified atom stereocenters. The van der Waals surface area contributed by atoms with Gasteiger partial charge in [0.15, 0.2) is 5.82 Å². The molecule has 4 aromatic rings. The lowest BCUT2D eigenvalue weighted by atomic mass is 10.0. The normalized spacial score (nSPS) is 12.0. The Labute approximate surface area is 206 Å². The van der Waals surface area contributed by atoms with Crippen LogP contribution in [0, 0.1) is 22.5 Å². The van der Waals surface area contributed by atoms with Gasteiger partial charge in [0.2, 0.25) is 5.78 Å². The minimum atomic E-state index is -1.56. The van der Waals surface area contributed by atoms with Crippen LogP contribution < -0.4 is 4.72 Å². The monoisotopic (exact) mass is 513 g/mol. The molecule has 1 aromatic carbocycles. The number of aromatic nitrogens is 2. The number of nitrogens with one attached hydrogen (secondary N) is 4. The summed E-state index contributed by atoms with van der Waals surface area (Å²) in [4.78, 5) is 22.0. The predicted molar refractivity (Wildman–Crippen MR) is 136 cm³/mol. The number of hydrogen-bond acceptors (Lipinski definition) is 6. The van der Waals surface area contributed by atoms with Gasteiger partial charge >= 0.3 is 0 Å². The van der Waals surface area contributed by atoms with E-state index in [9.17, 15) is 13.4 Å². The van der Waals surface area contributed by atoms with Crippen LogP contribution in [0.2, 0.25) is 0 Å². The van der Waals surface area contributed by atoms with Gasteiger partial charge in [-0.1, -0.05) is 6.92 Å². The minimum absolute atomic E-state index is 0.0484. The summed E-state index contributed by atoms with van der Waals surface area (Å²) in [5, 5.41) is 15.6. The number of carbonyl (C=O) groups excluding carboxylic acids is 1. The average Bonchev–Trinajstić information content (AvgIpc) is 3.48. The second-order valence-corrected chi connectivity index (χ2v) is 10.0. The molecule has 7 nitrogen and oxygen atoms in total. The van der Waals surface area contributed by atoms with E-state index in [1.807, 2.05) is 13.0 Å². The number of halogens is 2. The highest BCUT2D eigenvalue weighted by atomic mass is 32.2. The Kier molecular flexibility index (Phi) is 7.27. The molecule has 0 saturated heterocycles. The Morgan fingerprint density at radius 3 is 2.83 bits per heavy atom. The van der Waals surface area contributed by atoms with E-state index in [1.54, 1.807) is 18.3 Å². The number of H-pyrrole nitrogens is 1. The maximum Gasteiger partial charge on any atom is 0.201 e.